The van der Waals surface area contributed by atoms with E-state index in [1.807, 2.05) is 116 Å². The molecular weight excluding hydrogens is 917 g/mol. The van der Waals surface area contributed by atoms with Crippen LogP contribution >= 0.6 is 23.5 Å². The summed E-state index contributed by atoms with van der Waals surface area (Å²) in [4.78, 5) is 26.1. The van der Waals surface area contributed by atoms with Gasteiger partial charge in [-0.05, 0) is 103 Å². The van der Waals surface area contributed by atoms with E-state index in [9.17, 15) is 30.0 Å². The minimum atomic E-state index is -0.974. The van der Waals surface area contributed by atoms with Crippen LogP contribution in [0.15, 0.2) is 146 Å². The van der Waals surface area contributed by atoms with E-state index in [4.69, 9.17) is 0 Å². The average Bonchev–Trinajstić information content (AvgIpc) is 3.31. The first-order chi connectivity index (χ1) is 33.6. The topological polar surface area (TPSA) is 170 Å². The SMILES string of the molecule is C/C=C\C/C=C\C/C=C\CC(C)(C)C(O)CN(CC(O)N/C=C\C/C=C\C/C=C\C)NCSC(=O)CC(=O)SCNN(CC(O)N/C=C\C/C=C\C/C=C\C)CC(O)C(C)(C)/C=C\C/C=C\C/C=C\C. The van der Waals surface area contributed by atoms with Crippen LogP contribution in [0.4, 0.5) is 0 Å². The quantitative estimate of drug-likeness (QED) is 0.0126. The van der Waals surface area contributed by atoms with Gasteiger partial charge in [-0.15, -0.1) is 0 Å². The maximum Gasteiger partial charge on any atom is 0.198 e. The minimum Gasteiger partial charge on any atom is -0.391 e. The van der Waals surface area contributed by atoms with Gasteiger partial charge in [0.1, 0.15) is 12.5 Å². The van der Waals surface area contributed by atoms with Gasteiger partial charge < -0.3 is 31.1 Å². The third-order valence-electron chi connectivity index (χ3n) is 10.6. The second-order valence-corrected chi connectivity index (χ2v) is 19.8. The number of nitrogens with one attached hydrogen (secondary N) is 4. The molecular formula is C56H92N6O6S2. The zero-order valence-electron chi connectivity index (χ0n) is 43.8. The van der Waals surface area contributed by atoms with E-state index in [1.165, 1.54) is 0 Å². The molecule has 0 aliphatic heterocycles. The average molecular weight is 1010 g/mol. The molecule has 0 radical (unpaired) electrons. The fourth-order valence-electron chi connectivity index (χ4n) is 6.00. The maximum absolute atomic E-state index is 13.0. The third kappa shape index (κ3) is 38.9. The highest BCUT2D eigenvalue weighted by atomic mass is 32.2. The molecule has 0 fully saturated rings. The standard InChI is InChI=1S/C56H92N6O6S2/c1-9-13-17-21-25-27-31-35-39-56(7,8)50(64)44-62(46-52(66)58-41-37-33-29-24-20-16-12-4)60-48-70-54(68)42-53(67)69-47-59-61(45-51(65)57-40-36-32-28-23-19-15-11-3)43-49(63)55(5,6)38-34-30-26-22-18-14-10-2/h9-16,21-26,28-29,31,34-38,40-41,49-52,57-60,63-66H,17-20,27,30,32-33,39,42-48H2,1-8H3/b13-9-,14-10-,15-11-,16-12-,25-21-,26-22-,28-23-,29-24-,35-31-,38-34-,40-36-,41-37-. The second kappa shape index (κ2) is 43.9. The van der Waals surface area contributed by atoms with E-state index in [-0.39, 0.29) is 54.6 Å². The molecule has 0 saturated carbocycles. The van der Waals surface area contributed by atoms with Gasteiger partial charge in [0, 0.05) is 18.5 Å². The van der Waals surface area contributed by atoms with E-state index in [0.717, 1.165) is 62.0 Å². The highest BCUT2D eigenvalue weighted by Crippen LogP contribution is 2.27. The lowest BCUT2D eigenvalue weighted by atomic mass is 9.82. The lowest BCUT2D eigenvalue weighted by molar-refractivity contribution is -0.117. The molecule has 0 amide bonds. The third-order valence-corrected chi connectivity index (χ3v) is 12.1. The van der Waals surface area contributed by atoms with E-state index in [1.54, 1.807) is 22.4 Å². The van der Waals surface area contributed by atoms with Crippen LogP contribution in [0, 0.1) is 10.8 Å². The van der Waals surface area contributed by atoms with Gasteiger partial charge in [0.25, 0.3) is 0 Å². The Bertz CT molecular complexity index is 1730. The molecule has 12 nitrogen and oxygen atoms in total. The van der Waals surface area contributed by atoms with Crippen LogP contribution < -0.4 is 21.5 Å². The molecule has 394 valence electrons. The predicted octanol–water partition coefficient (Wildman–Crippen LogP) is 10.2. The monoisotopic (exact) mass is 1010 g/mol. The zero-order valence-corrected chi connectivity index (χ0v) is 45.4. The lowest BCUT2D eigenvalue weighted by Gasteiger charge is -2.35. The molecule has 4 unspecified atom stereocenters. The first kappa shape index (κ1) is 66.2. The Kier molecular flexibility index (Phi) is 41.6. The Labute approximate surface area is 432 Å². The Morgan fingerprint density at radius 1 is 0.471 bits per heavy atom. The van der Waals surface area contributed by atoms with E-state index in [2.05, 4.69) is 94.4 Å². The summed E-state index contributed by atoms with van der Waals surface area (Å²) >= 11 is 1.90. The van der Waals surface area contributed by atoms with Crippen LogP contribution in [0.25, 0.3) is 0 Å². The van der Waals surface area contributed by atoms with Crippen LogP contribution in [0.3, 0.4) is 0 Å². The van der Waals surface area contributed by atoms with E-state index in [0.29, 0.717) is 19.3 Å². The maximum atomic E-state index is 13.0. The number of nitrogens with zero attached hydrogens (tertiary/aromatic N) is 2. The van der Waals surface area contributed by atoms with Crippen molar-refractivity contribution in [1.82, 2.24) is 31.5 Å². The van der Waals surface area contributed by atoms with Crippen LogP contribution in [0.2, 0.25) is 0 Å². The number of allylic oxidation sites excluding steroid dienone is 21. The number of carbonyl (C=O) groups excluding carboxylic acids is 2. The minimum absolute atomic E-state index is 0.101. The molecule has 0 spiro atoms. The molecule has 0 heterocycles. The largest absolute Gasteiger partial charge is 0.391 e. The summed E-state index contributed by atoms with van der Waals surface area (Å²) in [5.74, 6) is 0.236. The summed E-state index contributed by atoms with van der Waals surface area (Å²) in [6.07, 6.45) is 51.7. The molecule has 4 atom stereocenters. The van der Waals surface area contributed by atoms with Gasteiger partial charge in [-0.25, -0.2) is 20.9 Å². The van der Waals surface area contributed by atoms with Crippen molar-refractivity contribution in [1.29, 1.82) is 0 Å². The number of carbonyl (C=O) groups is 2. The van der Waals surface area contributed by atoms with Crippen molar-refractivity contribution in [2.45, 2.75) is 144 Å². The Balaban J connectivity index is 5.60. The van der Waals surface area contributed by atoms with Crippen LogP contribution in [0.5, 0.6) is 0 Å². The summed E-state index contributed by atoms with van der Waals surface area (Å²) in [6.45, 7) is 16.4. The summed E-state index contributed by atoms with van der Waals surface area (Å²) in [5, 5.41) is 53.2. The first-order valence-corrected chi connectivity index (χ1v) is 26.8. The van der Waals surface area contributed by atoms with Crippen LogP contribution in [-0.2, 0) is 9.59 Å². The predicted molar refractivity (Wildman–Crippen MR) is 301 cm³/mol. The van der Waals surface area contributed by atoms with E-state index >= 15 is 0 Å². The summed E-state index contributed by atoms with van der Waals surface area (Å²) in [5.41, 5.74) is 5.28. The Hall–Kier alpha value is -3.80. The van der Waals surface area contributed by atoms with Crippen molar-refractivity contribution in [3.63, 3.8) is 0 Å². The molecule has 0 aromatic rings. The van der Waals surface area contributed by atoms with Crippen LogP contribution in [0.1, 0.15) is 120 Å². The van der Waals surface area contributed by atoms with E-state index < -0.39 is 35.5 Å². The van der Waals surface area contributed by atoms with Crippen molar-refractivity contribution in [3.8, 4) is 0 Å². The molecule has 0 aromatic heterocycles. The molecule has 14 heteroatoms. The molecule has 0 bridgehead atoms. The summed E-state index contributed by atoms with van der Waals surface area (Å²) in [7, 11) is 0. The number of aliphatic hydroxyl groups excluding tert-OH is 4. The Morgan fingerprint density at radius 2 is 0.814 bits per heavy atom. The summed E-state index contributed by atoms with van der Waals surface area (Å²) < 4.78 is 0. The molecule has 0 rings (SSSR count). The molecule has 8 N–H and O–H groups in total. The first-order valence-electron chi connectivity index (χ1n) is 24.8. The summed E-state index contributed by atoms with van der Waals surface area (Å²) in [6, 6.07) is 0. The van der Waals surface area contributed by atoms with Gasteiger partial charge >= 0.3 is 0 Å². The number of hydrogen-bond donors (Lipinski definition) is 8. The smallest absolute Gasteiger partial charge is 0.198 e. The Morgan fingerprint density at radius 3 is 1.21 bits per heavy atom. The van der Waals surface area contributed by atoms with Gasteiger partial charge in [0.05, 0.1) is 43.5 Å². The molecule has 70 heavy (non-hydrogen) atoms. The van der Waals surface area contributed by atoms with Gasteiger partial charge in [-0.1, -0.05) is 185 Å². The zero-order chi connectivity index (χ0) is 52.1. The highest BCUT2D eigenvalue weighted by molar-refractivity contribution is 8.15. The van der Waals surface area contributed by atoms with Gasteiger partial charge in [-0.3, -0.25) is 9.59 Å². The number of hydrogen-bond acceptors (Lipinski definition) is 14. The molecule has 0 aliphatic carbocycles. The fraction of sp³-hybridized carbons (Fsp3) is 0.536. The number of aliphatic hydroxyl groups is 4. The molecule has 0 aliphatic rings. The van der Waals surface area contributed by atoms with Crippen molar-refractivity contribution >= 4 is 33.8 Å². The van der Waals surface area contributed by atoms with Gasteiger partial charge in [-0.2, -0.15) is 0 Å². The number of thioether (sulfide) groups is 2. The fourth-order valence-corrected chi connectivity index (χ4v) is 7.37. The van der Waals surface area contributed by atoms with Crippen molar-refractivity contribution in [3.05, 3.63) is 146 Å². The van der Waals surface area contributed by atoms with Crippen molar-refractivity contribution in [2.75, 3.05) is 37.9 Å². The van der Waals surface area contributed by atoms with Gasteiger partial charge in [0.15, 0.2) is 10.2 Å². The normalized spacial score (nSPS) is 15.5. The van der Waals surface area contributed by atoms with Crippen molar-refractivity contribution < 1.29 is 30.0 Å². The molecule has 0 saturated heterocycles. The highest BCUT2D eigenvalue weighted by Gasteiger charge is 2.30. The van der Waals surface area contributed by atoms with Crippen molar-refractivity contribution in [2.24, 2.45) is 10.8 Å². The lowest BCUT2D eigenvalue weighted by Crippen LogP contribution is -2.51. The second-order valence-electron chi connectivity index (χ2n) is 17.8. The van der Waals surface area contributed by atoms with Crippen LogP contribution in [-0.4, -0.2) is 103 Å². The molecule has 0 aromatic carbocycles. The number of hydrazine groups is 2. The number of rotatable bonds is 41. The van der Waals surface area contributed by atoms with Gasteiger partial charge in [0.2, 0.25) is 0 Å².